The molecule has 0 aromatic heterocycles. The number of aliphatic carboxylic acids is 2. The van der Waals surface area contributed by atoms with E-state index < -0.39 is 23.8 Å². The van der Waals surface area contributed by atoms with Crippen LogP contribution in [0.2, 0.25) is 0 Å². The number of amides is 2. The van der Waals surface area contributed by atoms with Gasteiger partial charge in [-0.05, 0) is 56.3 Å². The number of carbonyl (C=O) groups excluding carboxylic acids is 4. The second kappa shape index (κ2) is 23.2. The van der Waals surface area contributed by atoms with Crippen LogP contribution in [0.25, 0.3) is 0 Å². The van der Waals surface area contributed by atoms with E-state index in [1.807, 2.05) is 0 Å². The smallest absolute Gasteiger partial charge is 0.309 e. The first-order valence-corrected chi connectivity index (χ1v) is 17.0. The summed E-state index contributed by atoms with van der Waals surface area (Å²) < 4.78 is 9.46. The molecule has 0 aromatic carbocycles. The highest BCUT2D eigenvalue weighted by molar-refractivity contribution is 5.83. The molecule has 0 heterocycles. The van der Waals surface area contributed by atoms with E-state index in [4.69, 9.17) is 14.9 Å². The molecule has 4 N–H and O–H groups in total. The molecule has 0 saturated heterocycles. The Morgan fingerprint density at radius 1 is 0.543 bits per heavy atom. The molecule has 3 atom stereocenters. The van der Waals surface area contributed by atoms with Crippen LogP contribution in [0.15, 0.2) is 0 Å². The molecular weight excluding hydrogens is 596 g/mol. The maximum atomic E-state index is 11.7. The van der Waals surface area contributed by atoms with E-state index in [-0.39, 0.29) is 60.8 Å². The maximum absolute atomic E-state index is 11.7. The minimum atomic E-state index is -0.920. The number of methoxy groups -OCH3 is 2. The van der Waals surface area contributed by atoms with Gasteiger partial charge >= 0.3 is 23.9 Å². The topological polar surface area (TPSA) is 185 Å². The van der Waals surface area contributed by atoms with Gasteiger partial charge in [0.2, 0.25) is 11.8 Å². The van der Waals surface area contributed by atoms with Gasteiger partial charge in [0.15, 0.2) is 0 Å². The van der Waals surface area contributed by atoms with Crippen molar-refractivity contribution in [3.63, 3.8) is 0 Å². The van der Waals surface area contributed by atoms with Crippen LogP contribution in [0.4, 0.5) is 0 Å². The van der Waals surface area contributed by atoms with Crippen molar-refractivity contribution in [2.75, 3.05) is 28.3 Å². The Bertz CT molecular complexity index is 954. The highest BCUT2D eigenvalue weighted by Crippen LogP contribution is 2.34. The Morgan fingerprint density at radius 3 is 1.13 bits per heavy atom. The number of carbonyl (C=O) groups is 6. The summed E-state index contributed by atoms with van der Waals surface area (Å²) in [4.78, 5) is 67.4. The Balaban J connectivity index is 0.000000345. The second-order valence-electron chi connectivity index (χ2n) is 12.8. The minimum Gasteiger partial charge on any atom is -0.481 e. The lowest BCUT2D eigenvalue weighted by molar-refractivity contribution is -0.153. The Hall–Kier alpha value is -3.18. The molecule has 0 radical (unpaired) electrons. The predicted molar refractivity (Wildman–Crippen MR) is 171 cm³/mol. The van der Waals surface area contributed by atoms with Crippen molar-refractivity contribution in [2.24, 2.45) is 35.5 Å². The Labute approximate surface area is 274 Å². The highest BCUT2D eigenvalue weighted by Gasteiger charge is 2.33. The fourth-order valence-corrected chi connectivity index (χ4v) is 7.04. The van der Waals surface area contributed by atoms with Gasteiger partial charge in [0.25, 0.3) is 0 Å². The fraction of sp³-hybridized carbons (Fsp3) is 0.824. The molecule has 2 amide bonds. The average Bonchev–Trinajstić information content (AvgIpc) is 3.09. The van der Waals surface area contributed by atoms with Crippen molar-refractivity contribution < 1.29 is 48.5 Å². The first-order chi connectivity index (χ1) is 22.0. The lowest BCUT2D eigenvalue weighted by Gasteiger charge is -2.27. The third kappa shape index (κ3) is 15.4. The van der Waals surface area contributed by atoms with E-state index in [2.05, 4.69) is 15.4 Å². The predicted octanol–water partition coefficient (Wildman–Crippen LogP) is 4.73. The van der Waals surface area contributed by atoms with E-state index in [0.717, 1.165) is 77.0 Å². The third-order valence-electron chi connectivity index (χ3n) is 9.74. The van der Waals surface area contributed by atoms with Crippen LogP contribution in [0, 0.1) is 35.5 Å². The zero-order chi connectivity index (χ0) is 34.5. The number of ether oxygens (including phenoxy) is 2. The van der Waals surface area contributed by atoms with Crippen molar-refractivity contribution in [3.05, 3.63) is 0 Å². The van der Waals surface area contributed by atoms with E-state index in [0.29, 0.717) is 5.92 Å². The van der Waals surface area contributed by atoms with E-state index in [1.54, 1.807) is 14.1 Å². The van der Waals surface area contributed by atoms with Gasteiger partial charge in [-0.25, -0.2) is 0 Å². The van der Waals surface area contributed by atoms with E-state index >= 15 is 0 Å². The zero-order valence-corrected chi connectivity index (χ0v) is 28.4. The summed E-state index contributed by atoms with van der Waals surface area (Å²) in [5.74, 6) is -3.12. The van der Waals surface area contributed by atoms with Crippen molar-refractivity contribution >= 4 is 35.7 Å². The Morgan fingerprint density at radius 2 is 0.848 bits per heavy atom. The molecule has 0 aliphatic heterocycles. The first kappa shape index (κ1) is 40.8. The SMILES string of the molecule is CNC(=O)C[C@H](C(=O)O)C1CCCCC1.CNC(=O)C[C@H](C(=O)OC)C1CCCCC1.COC(=O)[C@@H](CC(=O)O)C1CCCCC1. The Kier molecular flexibility index (Phi) is 20.6. The lowest BCUT2D eigenvalue weighted by Crippen LogP contribution is -2.32. The first-order valence-electron chi connectivity index (χ1n) is 17.0. The summed E-state index contributed by atoms with van der Waals surface area (Å²) in [5, 5.41) is 22.9. The molecule has 3 fully saturated rings. The van der Waals surface area contributed by atoms with Crippen LogP contribution in [-0.4, -0.2) is 74.2 Å². The molecule has 3 saturated carbocycles. The van der Waals surface area contributed by atoms with Gasteiger partial charge in [-0.3, -0.25) is 28.8 Å². The molecule has 0 spiro atoms. The molecule has 3 aliphatic rings. The van der Waals surface area contributed by atoms with Crippen molar-refractivity contribution in [1.82, 2.24) is 10.6 Å². The molecule has 0 aromatic rings. The third-order valence-corrected chi connectivity index (χ3v) is 9.74. The summed E-state index contributed by atoms with van der Waals surface area (Å²) in [6.45, 7) is 0. The van der Waals surface area contributed by atoms with Crippen LogP contribution in [0.1, 0.15) is 116 Å². The summed E-state index contributed by atoms with van der Waals surface area (Å²) >= 11 is 0. The average molecular weight is 655 g/mol. The molecule has 3 aliphatic carbocycles. The summed E-state index contributed by atoms with van der Waals surface area (Å²) in [6.07, 6.45) is 16.5. The number of carboxylic acids is 2. The van der Waals surface area contributed by atoms with Crippen molar-refractivity contribution in [3.8, 4) is 0 Å². The van der Waals surface area contributed by atoms with Crippen LogP contribution >= 0.6 is 0 Å². The van der Waals surface area contributed by atoms with Crippen LogP contribution in [0.5, 0.6) is 0 Å². The number of nitrogens with one attached hydrogen (secondary N) is 2. The fourth-order valence-electron chi connectivity index (χ4n) is 7.04. The monoisotopic (exact) mass is 654 g/mol. The van der Waals surface area contributed by atoms with Gasteiger partial charge in [0, 0.05) is 26.9 Å². The molecule has 3 rings (SSSR count). The van der Waals surface area contributed by atoms with Gasteiger partial charge in [0.05, 0.1) is 38.4 Å². The van der Waals surface area contributed by atoms with Crippen LogP contribution in [-0.2, 0) is 38.2 Å². The maximum Gasteiger partial charge on any atom is 0.309 e. The van der Waals surface area contributed by atoms with Gasteiger partial charge in [0.1, 0.15) is 0 Å². The summed E-state index contributed by atoms with van der Waals surface area (Å²) in [7, 11) is 5.85. The van der Waals surface area contributed by atoms with Crippen LogP contribution < -0.4 is 10.6 Å². The molecule has 12 nitrogen and oxygen atoms in total. The lowest BCUT2D eigenvalue weighted by atomic mass is 9.78. The normalized spacial score (nSPS) is 19.3. The van der Waals surface area contributed by atoms with Crippen LogP contribution in [0.3, 0.4) is 0 Å². The van der Waals surface area contributed by atoms with Gasteiger partial charge < -0.3 is 30.3 Å². The minimum absolute atomic E-state index is 0.0824. The molecule has 46 heavy (non-hydrogen) atoms. The van der Waals surface area contributed by atoms with Crippen molar-refractivity contribution in [2.45, 2.75) is 116 Å². The van der Waals surface area contributed by atoms with E-state index in [9.17, 15) is 28.8 Å². The van der Waals surface area contributed by atoms with Gasteiger partial charge in [-0.15, -0.1) is 0 Å². The van der Waals surface area contributed by atoms with E-state index in [1.165, 1.54) is 33.5 Å². The largest absolute Gasteiger partial charge is 0.481 e. The number of esters is 2. The molecule has 0 unspecified atom stereocenters. The summed E-state index contributed by atoms with van der Waals surface area (Å²) in [5.41, 5.74) is 0. The number of hydrogen-bond donors (Lipinski definition) is 4. The second-order valence-corrected chi connectivity index (χ2v) is 12.8. The molecule has 12 heteroatoms. The molecule has 0 bridgehead atoms. The standard InChI is InChI=1S/C12H21NO3.C11H19NO3.C11H18O4/c1-13-11(14)8-10(12(15)16-2)9-6-4-3-5-7-9;1-12-10(13)7-9(11(14)15)8-5-3-2-4-6-8;1-15-11(14)9(7-10(12)13)8-5-3-2-4-6-8/h9-10H,3-8H2,1-2H3,(H,13,14);8-9H,2-7H2,1H3,(H,12,13)(H,14,15);8-9H,2-7H2,1H3,(H,12,13)/t10-;2*9-/m000/s1. The van der Waals surface area contributed by atoms with Crippen molar-refractivity contribution in [1.29, 1.82) is 0 Å². The van der Waals surface area contributed by atoms with Gasteiger partial charge in [-0.1, -0.05) is 57.8 Å². The van der Waals surface area contributed by atoms with Gasteiger partial charge in [-0.2, -0.15) is 0 Å². The number of carboxylic acid groups (broad SMARTS) is 2. The molecular formula is C34H58N2O10. The number of hydrogen-bond acceptors (Lipinski definition) is 8. The quantitative estimate of drug-likeness (QED) is 0.215. The molecule has 264 valence electrons. The highest BCUT2D eigenvalue weighted by atomic mass is 16.5. The zero-order valence-electron chi connectivity index (χ0n) is 28.4. The summed E-state index contributed by atoms with van der Waals surface area (Å²) in [6, 6.07) is 0. The number of rotatable bonds is 12.